The van der Waals surface area contributed by atoms with Gasteiger partial charge in [-0.05, 0) is 44.0 Å². The minimum absolute atomic E-state index is 0.0345. The van der Waals surface area contributed by atoms with Crippen LogP contribution in [0.25, 0.3) is 0 Å². The Labute approximate surface area is 143 Å². The standard InChI is InChI=1S/C20H25NO3/c1-4-5-12-23-19-9-7-6-8-17(19)21-20(22)14-24-18-11-10-15(2)13-16(18)3/h6-11,13H,4-5,12,14H2,1-3H3,(H,21,22). The Bertz CT molecular complexity index is 682. The van der Waals surface area contributed by atoms with Crippen LogP contribution in [0.1, 0.15) is 30.9 Å². The molecule has 0 aliphatic carbocycles. The summed E-state index contributed by atoms with van der Waals surface area (Å²) in [6.45, 7) is 6.72. The average molecular weight is 327 g/mol. The van der Waals surface area contributed by atoms with E-state index in [4.69, 9.17) is 9.47 Å². The number of hydrogen-bond acceptors (Lipinski definition) is 3. The van der Waals surface area contributed by atoms with Crippen LogP contribution in [0.5, 0.6) is 11.5 Å². The van der Waals surface area contributed by atoms with Crippen LogP contribution < -0.4 is 14.8 Å². The third kappa shape index (κ3) is 5.30. The number of carbonyl (C=O) groups excluding carboxylic acids is 1. The van der Waals surface area contributed by atoms with Crippen molar-refractivity contribution in [1.29, 1.82) is 0 Å². The van der Waals surface area contributed by atoms with Gasteiger partial charge in [-0.3, -0.25) is 4.79 Å². The van der Waals surface area contributed by atoms with Gasteiger partial charge in [-0.1, -0.05) is 43.2 Å². The highest BCUT2D eigenvalue weighted by Gasteiger charge is 2.09. The van der Waals surface area contributed by atoms with E-state index in [0.717, 1.165) is 24.2 Å². The number of aryl methyl sites for hydroxylation is 2. The zero-order valence-corrected chi connectivity index (χ0v) is 14.6. The highest BCUT2D eigenvalue weighted by molar-refractivity contribution is 5.93. The van der Waals surface area contributed by atoms with E-state index in [1.165, 1.54) is 5.56 Å². The van der Waals surface area contributed by atoms with E-state index >= 15 is 0 Å². The largest absolute Gasteiger partial charge is 0.491 e. The third-order valence-electron chi connectivity index (χ3n) is 3.61. The molecule has 0 fully saturated rings. The van der Waals surface area contributed by atoms with Crippen molar-refractivity contribution in [2.45, 2.75) is 33.6 Å². The highest BCUT2D eigenvalue weighted by atomic mass is 16.5. The van der Waals surface area contributed by atoms with Crippen LogP contribution in [-0.4, -0.2) is 19.1 Å². The van der Waals surface area contributed by atoms with Crippen LogP contribution in [0.4, 0.5) is 5.69 Å². The molecule has 0 atom stereocenters. The fourth-order valence-electron chi connectivity index (χ4n) is 2.31. The molecule has 128 valence electrons. The Balaban J connectivity index is 1.92. The molecule has 0 bridgehead atoms. The van der Waals surface area contributed by atoms with E-state index in [1.807, 2.05) is 56.3 Å². The van der Waals surface area contributed by atoms with Crippen molar-refractivity contribution in [3.8, 4) is 11.5 Å². The van der Waals surface area contributed by atoms with Gasteiger partial charge in [0.25, 0.3) is 5.91 Å². The van der Waals surface area contributed by atoms with Crippen LogP contribution in [0.2, 0.25) is 0 Å². The first-order valence-corrected chi connectivity index (χ1v) is 8.32. The minimum Gasteiger partial charge on any atom is -0.491 e. The molecule has 0 saturated heterocycles. The molecule has 24 heavy (non-hydrogen) atoms. The Morgan fingerprint density at radius 2 is 1.83 bits per heavy atom. The van der Waals surface area contributed by atoms with Gasteiger partial charge in [0.1, 0.15) is 11.5 Å². The van der Waals surface area contributed by atoms with E-state index in [0.29, 0.717) is 18.0 Å². The van der Waals surface area contributed by atoms with E-state index in [1.54, 1.807) is 0 Å². The van der Waals surface area contributed by atoms with Gasteiger partial charge in [-0.25, -0.2) is 0 Å². The molecule has 1 N–H and O–H groups in total. The number of nitrogens with one attached hydrogen (secondary N) is 1. The van der Waals surface area contributed by atoms with Gasteiger partial charge in [-0.2, -0.15) is 0 Å². The second-order valence-corrected chi connectivity index (χ2v) is 5.80. The number of para-hydroxylation sites is 2. The summed E-state index contributed by atoms with van der Waals surface area (Å²) in [5.74, 6) is 1.20. The van der Waals surface area contributed by atoms with Gasteiger partial charge < -0.3 is 14.8 Å². The molecule has 0 heterocycles. The second kappa shape index (κ2) is 8.96. The third-order valence-corrected chi connectivity index (χ3v) is 3.61. The quantitative estimate of drug-likeness (QED) is 0.726. The summed E-state index contributed by atoms with van der Waals surface area (Å²) < 4.78 is 11.3. The summed E-state index contributed by atoms with van der Waals surface area (Å²) in [5.41, 5.74) is 2.86. The van der Waals surface area contributed by atoms with Crippen molar-refractivity contribution in [2.24, 2.45) is 0 Å². The lowest BCUT2D eigenvalue weighted by Gasteiger charge is -2.13. The van der Waals surface area contributed by atoms with E-state index in [2.05, 4.69) is 12.2 Å². The number of hydrogen-bond donors (Lipinski definition) is 1. The maximum atomic E-state index is 12.2. The molecule has 0 aliphatic heterocycles. The maximum absolute atomic E-state index is 12.2. The van der Waals surface area contributed by atoms with Crippen molar-refractivity contribution in [2.75, 3.05) is 18.5 Å². The molecule has 4 nitrogen and oxygen atoms in total. The summed E-state index contributed by atoms with van der Waals surface area (Å²) in [6.07, 6.45) is 2.05. The fourth-order valence-corrected chi connectivity index (χ4v) is 2.31. The minimum atomic E-state index is -0.207. The maximum Gasteiger partial charge on any atom is 0.262 e. The van der Waals surface area contributed by atoms with Gasteiger partial charge in [0, 0.05) is 0 Å². The first-order valence-electron chi connectivity index (χ1n) is 8.32. The molecule has 2 aromatic rings. The molecule has 0 spiro atoms. The van der Waals surface area contributed by atoms with Crippen molar-refractivity contribution >= 4 is 11.6 Å². The van der Waals surface area contributed by atoms with Crippen LogP contribution in [-0.2, 0) is 4.79 Å². The predicted octanol–water partition coefficient (Wildman–Crippen LogP) is 4.50. The smallest absolute Gasteiger partial charge is 0.262 e. The summed E-state index contributed by atoms with van der Waals surface area (Å²) in [6, 6.07) is 13.3. The Morgan fingerprint density at radius 1 is 1.04 bits per heavy atom. The van der Waals surface area contributed by atoms with Gasteiger partial charge in [0.15, 0.2) is 6.61 Å². The average Bonchev–Trinajstić information content (AvgIpc) is 2.56. The molecular weight excluding hydrogens is 302 g/mol. The number of amides is 1. The topological polar surface area (TPSA) is 47.6 Å². The molecular formula is C20H25NO3. The summed E-state index contributed by atoms with van der Waals surface area (Å²) >= 11 is 0. The molecule has 0 saturated carbocycles. The van der Waals surface area contributed by atoms with Crippen LogP contribution in [0.15, 0.2) is 42.5 Å². The van der Waals surface area contributed by atoms with Gasteiger partial charge in [-0.15, -0.1) is 0 Å². The number of ether oxygens (including phenoxy) is 2. The molecule has 0 aromatic heterocycles. The molecule has 4 heteroatoms. The lowest BCUT2D eigenvalue weighted by atomic mass is 10.1. The number of unbranched alkanes of at least 4 members (excludes halogenated alkanes) is 1. The lowest BCUT2D eigenvalue weighted by molar-refractivity contribution is -0.118. The van der Waals surface area contributed by atoms with Crippen molar-refractivity contribution in [3.05, 3.63) is 53.6 Å². The van der Waals surface area contributed by atoms with Gasteiger partial charge >= 0.3 is 0 Å². The molecule has 1 amide bonds. The number of benzene rings is 2. The first kappa shape index (κ1) is 17.9. The highest BCUT2D eigenvalue weighted by Crippen LogP contribution is 2.24. The normalized spacial score (nSPS) is 10.3. The molecule has 2 rings (SSSR count). The number of rotatable bonds is 8. The van der Waals surface area contributed by atoms with E-state index < -0.39 is 0 Å². The Morgan fingerprint density at radius 3 is 2.58 bits per heavy atom. The van der Waals surface area contributed by atoms with Crippen molar-refractivity contribution in [1.82, 2.24) is 0 Å². The first-order chi connectivity index (χ1) is 11.6. The second-order valence-electron chi connectivity index (χ2n) is 5.80. The lowest BCUT2D eigenvalue weighted by Crippen LogP contribution is -2.21. The van der Waals surface area contributed by atoms with Crippen molar-refractivity contribution < 1.29 is 14.3 Å². The summed E-state index contributed by atoms with van der Waals surface area (Å²) in [7, 11) is 0. The zero-order valence-electron chi connectivity index (χ0n) is 14.6. The zero-order chi connectivity index (χ0) is 17.4. The fraction of sp³-hybridized carbons (Fsp3) is 0.350. The summed E-state index contributed by atoms with van der Waals surface area (Å²) in [5, 5.41) is 2.85. The van der Waals surface area contributed by atoms with Gasteiger partial charge in [0.2, 0.25) is 0 Å². The molecule has 0 unspecified atom stereocenters. The van der Waals surface area contributed by atoms with Crippen LogP contribution >= 0.6 is 0 Å². The van der Waals surface area contributed by atoms with Gasteiger partial charge in [0.05, 0.1) is 12.3 Å². The number of carbonyl (C=O) groups is 1. The van der Waals surface area contributed by atoms with E-state index in [9.17, 15) is 4.79 Å². The summed E-state index contributed by atoms with van der Waals surface area (Å²) in [4.78, 5) is 12.2. The molecule has 0 radical (unpaired) electrons. The SMILES string of the molecule is CCCCOc1ccccc1NC(=O)COc1ccc(C)cc1C. The molecule has 0 aliphatic rings. The Kier molecular flexibility index (Phi) is 6.67. The van der Waals surface area contributed by atoms with Crippen LogP contribution in [0.3, 0.4) is 0 Å². The van der Waals surface area contributed by atoms with E-state index in [-0.39, 0.29) is 12.5 Å². The predicted molar refractivity (Wildman–Crippen MR) is 96.9 cm³/mol. The van der Waals surface area contributed by atoms with Crippen LogP contribution in [0, 0.1) is 13.8 Å². The Hall–Kier alpha value is -2.49. The van der Waals surface area contributed by atoms with Crippen molar-refractivity contribution in [3.63, 3.8) is 0 Å². The molecule has 2 aromatic carbocycles. The number of anilines is 1. The monoisotopic (exact) mass is 327 g/mol.